The first-order chi connectivity index (χ1) is 9.67. The Balaban J connectivity index is 2.41. The molecule has 0 saturated heterocycles. The van der Waals surface area contributed by atoms with Crippen molar-refractivity contribution in [3.63, 3.8) is 0 Å². The predicted molar refractivity (Wildman–Crippen MR) is 79.9 cm³/mol. The average molecular weight is 294 g/mol. The van der Waals surface area contributed by atoms with Crippen molar-refractivity contribution in [2.24, 2.45) is 0 Å². The van der Waals surface area contributed by atoms with Gasteiger partial charge in [-0.25, -0.2) is 4.39 Å². The molecule has 0 amide bonds. The van der Waals surface area contributed by atoms with Crippen molar-refractivity contribution in [2.75, 3.05) is 13.7 Å². The summed E-state index contributed by atoms with van der Waals surface area (Å²) in [5.41, 5.74) is 1.51. The summed E-state index contributed by atoms with van der Waals surface area (Å²) in [6, 6.07) is 12.4. The molecule has 0 fully saturated rings. The van der Waals surface area contributed by atoms with Gasteiger partial charge in [0.15, 0.2) is 0 Å². The first kappa shape index (κ1) is 14.8. The smallest absolute Gasteiger partial charge is 0.146 e. The normalized spacial score (nSPS) is 12.2. The minimum absolute atomic E-state index is 0.138. The highest BCUT2D eigenvalue weighted by Crippen LogP contribution is 2.29. The van der Waals surface area contributed by atoms with Crippen LogP contribution in [0.25, 0.3) is 0 Å². The highest BCUT2D eigenvalue weighted by molar-refractivity contribution is 6.30. The Bertz CT molecular complexity index is 571. The van der Waals surface area contributed by atoms with Gasteiger partial charge in [0.05, 0.1) is 18.2 Å². The van der Waals surface area contributed by atoms with E-state index in [4.69, 9.17) is 16.3 Å². The van der Waals surface area contributed by atoms with E-state index in [1.165, 1.54) is 0 Å². The average Bonchev–Trinajstić information content (AvgIpc) is 2.48. The second-order valence-electron chi connectivity index (χ2n) is 4.41. The summed E-state index contributed by atoms with van der Waals surface area (Å²) >= 11 is 5.87. The number of hydrogen-bond donors (Lipinski definition) is 1. The van der Waals surface area contributed by atoms with Gasteiger partial charge in [-0.3, -0.25) is 0 Å². The fourth-order valence-electron chi connectivity index (χ4n) is 2.15. The minimum Gasteiger partial charge on any atom is -0.497 e. The zero-order valence-electron chi connectivity index (χ0n) is 11.5. The molecule has 106 valence electrons. The SMILES string of the molecule is CCNC(c1ccc(OC)cc1)c1cccc(Cl)c1F. The summed E-state index contributed by atoms with van der Waals surface area (Å²) in [6.45, 7) is 2.71. The van der Waals surface area contributed by atoms with E-state index >= 15 is 0 Å². The van der Waals surface area contributed by atoms with Crippen LogP contribution in [0.1, 0.15) is 24.1 Å². The topological polar surface area (TPSA) is 21.3 Å². The lowest BCUT2D eigenvalue weighted by atomic mass is 9.98. The van der Waals surface area contributed by atoms with E-state index in [1.807, 2.05) is 31.2 Å². The van der Waals surface area contributed by atoms with E-state index in [-0.39, 0.29) is 16.9 Å². The molecule has 2 aromatic carbocycles. The van der Waals surface area contributed by atoms with Crippen LogP contribution in [-0.2, 0) is 0 Å². The molecule has 20 heavy (non-hydrogen) atoms. The van der Waals surface area contributed by atoms with Crippen LogP contribution in [0.4, 0.5) is 4.39 Å². The molecule has 0 spiro atoms. The first-order valence-corrected chi connectivity index (χ1v) is 6.86. The van der Waals surface area contributed by atoms with Crippen LogP contribution in [0.15, 0.2) is 42.5 Å². The van der Waals surface area contributed by atoms with Crippen LogP contribution in [-0.4, -0.2) is 13.7 Å². The Morgan fingerprint density at radius 3 is 2.50 bits per heavy atom. The van der Waals surface area contributed by atoms with Crippen LogP contribution in [0.5, 0.6) is 5.75 Å². The van der Waals surface area contributed by atoms with Crippen molar-refractivity contribution in [2.45, 2.75) is 13.0 Å². The van der Waals surface area contributed by atoms with Gasteiger partial charge in [-0.1, -0.05) is 42.8 Å². The summed E-state index contributed by atoms with van der Waals surface area (Å²) in [4.78, 5) is 0. The summed E-state index contributed by atoms with van der Waals surface area (Å²) in [5.74, 6) is 0.395. The number of methoxy groups -OCH3 is 1. The van der Waals surface area contributed by atoms with Crippen LogP contribution in [0.2, 0.25) is 5.02 Å². The third-order valence-electron chi connectivity index (χ3n) is 3.15. The molecule has 0 heterocycles. The van der Waals surface area contributed by atoms with Crippen molar-refractivity contribution in [3.8, 4) is 5.75 Å². The van der Waals surface area contributed by atoms with Crippen molar-refractivity contribution < 1.29 is 9.13 Å². The number of rotatable bonds is 5. The van der Waals surface area contributed by atoms with E-state index in [0.717, 1.165) is 17.9 Å². The van der Waals surface area contributed by atoms with E-state index in [9.17, 15) is 4.39 Å². The fourth-order valence-corrected chi connectivity index (χ4v) is 2.33. The van der Waals surface area contributed by atoms with Crippen molar-refractivity contribution in [1.29, 1.82) is 0 Å². The third-order valence-corrected chi connectivity index (χ3v) is 3.44. The van der Waals surface area contributed by atoms with E-state index in [0.29, 0.717) is 5.56 Å². The van der Waals surface area contributed by atoms with Gasteiger partial charge in [-0.2, -0.15) is 0 Å². The van der Waals surface area contributed by atoms with Gasteiger partial charge in [0.1, 0.15) is 11.6 Å². The molecule has 0 aliphatic rings. The molecule has 0 bridgehead atoms. The highest BCUT2D eigenvalue weighted by atomic mass is 35.5. The summed E-state index contributed by atoms with van der Waals surface area (Å²) in [5, 5.41) is 3.42. The Morgan fingerprint density at radius 1 is 1.20 bits per heavy atom. The predicted octanol–water partition coefficient (Wildman–Crippen LogP) is 4.19. The maximum Gasteiger partial charge on any atom is 0.146 e. The lowest BCUT2D eigenvalue weighted by Gasteiger charge is -2.20. The van der Waals surface area contributed by atoms with Gasteiger partial charge in [0, 0.05) is 5.56 Å². The van der Waals surface area contributed by atoms with Gasteiger partial charge >= 0.3 is 0 Å². The summed E-state index contributed by atoms with van der Waals surface area (Å²) in [6.07, 6.45) is 0. The number of hydrogen-bond acceptors (Lipinski definition) is 2. The number of halogens is 2. The molecule has 0 aliphatic heterocycles. The lowest BCUT2D eigenvalue weighted by Crippen LogP contribution is -2.23. The monoisotopic (exact) mass is 293 g/mol. The summed E-state index contributed by atoms with van der Waals surface area (Å²) in [7, 11) is 1.62. The number of ether oxygens (including phenoxy) is 1. The number of benzene rings is 2. The van der Waals surface area contributed by atoms with Crippen molar-refractivity contribution in [3.05, 3.63) is 64.4 Å². The Kier molecular flexibility index (Phi) is 4.99. The first-order valence-electron chi connectivity index (χ1n) is 6.48. The van der Waals surface area contributed by atoms with Crippen LogP contribution in [0.3, 0.4) is 0 Å². The molecule has 0 aliphatic carbocycles. The second kappa shape index (κ2) is 6.73. The largest absolute Gasteiger partial charge is 0.497 e. The van der Waals surface area contributed by atoms with E-state index < -0.39 is 0 Å². The zero-order chi connectivity index (χ0) is 14.5. The molecule has 0 aromatic heterocycles. The number of nitrogens with one attached hydrogen (secondary N) is 1. The molecular formula is C16H17ClFNO. The molecule has 2 aromatic rings. The third kappa shape index (κ3) is 3.11. The second-order valence-corrected chi connectivity index (χ2v) is 4.81. The van der Waals surface area contributed by atoms with Gasteiger partial charge in [-0.05, 0) is 30.3 Å². The van der Waals surface area contributed by atoms with Gasteiger partial charge in [-0.15, -0.1) is 0 Å². The zero-order valence-corrected chi connectivity index (χ0v) is 12.2. The van der Waals surface area contributed by atoms with Crippen LogP contribution >= 0.6 is 11.6 Å². The Labute approximate surface area is 123 Å². The lowest BCUT2D eigenvalue weighted by molar-refractivity contribution is 0.414. The van der Waals surface area contributed by atoms with Gasteiger partial charge < -0.3 is 10.1 Å². The molecule has 1 unspecified atom stereocenters. The fraction of sp³-hybridized carbons (Fsp3) is 0.250. The quantitative estimate of drug-likeness (QED) is 0.892. The highest BCUT2D eigenvalue weighted by Gasteiger charge is 2.18. The van der Waals surface area contributed by atoms with Gasteiger partial charge in [0.2, 0.25) is 0 Å². The molecule has 0 saturated carbocycles. The minimum atomic E-state index is -0.379. The maximum atomic E-state index is 14.2. The standard InChI is InChI=1S/C16H17ClFNO/c1-3-19-16(11-7-9-12(20-2)10-8-11)13-5-4-6-14(17)15(13)18/h4-10,16,19H,3H2,1-2H3. The van der Waals surface area contributed by atoms with Crippen LogP contribution < -0.4 is 10.1 Å². The Morgan fingerprint density at radius 2 is 1.90 bits per heavy atom. The van der Waals surface area contributed by atoms with Gasteiger partial charge in [0.25, 0.3) is 0 Å². The molecular weight excluding hydrogens is 277 g/mol. The molecule has 2 rings (SSSR count). The van der Waals surface area contributed by atoms with Crippen molar-refractivity contribution in [1.82, 2.24) is 5.32 Å². The summed E-state index contributed by atoms with van der Waals surface area (Å²) < 4.78 is 19.4. The Hall–Kier alpha value is -1.58. The van der Waals surface area contributed by atoms with Crippen molar-refractivity contribution >= 4 is 11.6 Å². The van der Waals surface area contributed by atoms with Crippen LogP contribution in [0, 0.1) is 5.82 Å². The molecule has 1 atom stereocenters. The molecule has 2 nitrogen and oxygen atoms in total. The molecule has 4 heteroatoms. The molecule has 0 radical (unpaired) electrons. The maximum absolute atomic E-state index is 14.2. The molecule has 1 N–H and O–H groups in total. The van der Waals surface area contributed by atoms with E-state index in [1.54, 1.807) is 25.3 Å². The van der Waals surface area contributed by atoms with E-state index in [2.05, 4.69) is 5.32 Å².